The summed E-state index contributed by atoms with van der Waals surface area (Å²) in [7, 11) is 0. The Morgan fingerprint density at radius 3 is 1.65 bits per heavy atom. The van der Waals surface area contributed by atoms with E-state index in [4.69, 9.17) is 28.4 Å². The Morgan fingerprint density at radius 2 is 1.15 bits per heavy atom. The van der Waals surface area contributed by atoms with Crippen LogP contribution in [0.4, 0.5) is 0 Å². The largest absolute Gasteiger partial charge is 0.368 e. The van der Waals surface area contributed by atoms with Crippen molar-refractivity contribution < 1.29 is 28.4 Å². The van der Waals surface area contributed by atoms with E-state index in [-0.39, 0.29) is 30.7 Å². The van der Waals surface area contributed by atoms with Crippen molar-refractivity contribution in [2.75, 3.05) is 13.2 Å². The number of hydrogen-bond acceptors (Lipinski definition) is 6. The van der Waals surface area contributed by atoms with Crippen molar-refractivity contribution in [2.24, 2.45) is 0 Å². The van der Waals surface area contributed by atoms with Crippen molar-refractivity contribution in [3.8, 4) is 0 Å². The first-order valence-electron chi connectivity index (χ1n) is 14.2. The summed E-state index contributed by atoms with van der Waals surface area (Å²) in [6.07, 6.45) is 0.902. The third kappa shape index (κ3) is 7.88. The summed E-state index contributed by atoms with van der Waals surface area (Å²) in [6.45, 7) is 6.41. The van der Waals surface area contributed by atoms with Crippen LogP contribution in [0.3, 0.4) is 0 Å². The molecule has 2 aliphatic rings. The van der Waals surface area contributed by atoms with Crippen LogP contribution in [0.1, 0.15) is 37.0 Å². The van der Waals surface area contributed by atoms with Gasteiger partial charge in [-0.15, -0.1) is 0 Å². The fourth-order valence-electron chi connectivity index (χ4n) is 5.14. The Balaban J connectivity index is 1.36. The zero-order chi connectivity index (χ0) is 27.6. The van der Waals surface area contributed by atoms with Crippen molar-refractivity contribution in [1.82, 2.24) is 0 Å². The molecular weight excluding hydrogens is 504 g/mol. The molecule has 0 bridgehead atoms. The van der Waals surface area contributed by atoms with Crippen molar-refractivity contribution in [3.05, 3.63) is 119 Å². The van der Waals surface area contributed by atoms with Gasteiger partial charge in [-0.2, -0.15) is 0 Å². The standard InChI is InChI=1S/C34H40O6/c1-3-26-19-31(35-20-26)36-24-30-33(38-22-28-15-9-5-10-16-28)34(39-23-29-17-11-6-12-18-29)32(25(2)40-30)37-21-27-13-7-4-8-14-27/h4-19,25,30-34H,3,20-24H2,1-2H3/t25-,30+,31+,32-,33+,34+/m0/s1. The molecule has 1 fully saturated rings. The first-order chi connectivity index (χ1) is 19.7. The molecule has 6 heteroatoms. The highest BCUT2D eigenvalue weighted by atomic mass is 16.7. The van der Waals surface area contributed by atoms with Crippen LogP contribution >= 0.6 is 0 Å². The van der Waals surface area contributed by atoms with E-state index in [0.29, 0.717) is 33.0 Å². The van der Waals surface area contributed by atoms with Gasteiger partial charge >= 0.3 is 0 Å². The fourth-order valence-corrected chi connectivity index (χ4v) is 5.14. The highest BCUT2D eigenvalue weighted by Crippen LogP contribution is 2.31. The second-order valence-corrected chi connectivity index (χ2v) is 10.4. The molecule has 1 saturated heterocycles. The van der Waals surface area contributed by atoms with E-state index in [2.05, 4.69) is 49.4 Å². The molecule has 6 atom stereocenters. The molecule has 2 aliphatic heterocycles. The second-order valence-electron chi connectivity index (χ2n) is 10.4. The molecule has 5 rings (SSSR count). The molecule has 0 radical (unpaired) electrons. The monoisotopic (exact) mass is 544 g/mol. The normalized spacial score (nSPS) is 26.5. The zero-order valence-electron chi connectivity index (χ0n) is 23.4. The Bertz CT molecular complexity index is 1170. The lowest BCUT2D eigenvalue weighted by molar-refractivity contribution is -0.274. The third-order valence-corrected chi connectivity index (χ3v) is 7.41. The predicted molar refractivity (Wildman–Crippen MR) is 153 cm³/mol. The predicted octanol–water partition coefficient (Wildman–Crippen LogP) is 6.24. The molecule has 0 amide bonds. The SMILES string of the molecule is CCC1=C[C@@H](OC[C@H]2O[C@@H](C)[C@H](OCc3ccccc3)[C@@H](OCc3ccccc3)[C@@H]2OCc2ccccc2)OC1. The highest BCUT2D eigenvalue weighted by molar-refractivity contribution is 5.16. The van der Waals surface area contributed by atoms with Crippen LogP contribution in [0.2, 0.25) is 0 Å². The van der Waals surface area contributed by atoms with Crippen LogP contribution in [0.5, 0.6) is 0 Å². The Morgan fingerprint density at radius 1 is 0.650 bits per heavy atom. The van der Waals surface area contributed by atoms with E-state index < -0.39 is 6.10 Å². The maximum atomic E-state index is 6.65. The van der Waals surface area contributed by atoms with Gasteiger partial charge in [0.05, 0.1) is 39.1 Å². The van der Waals surface area contributed by atoms with E-state index in [1.54, 1.807) is 0 Å². The minimum absolute atomic E-state index is 0.235. The van der Waals surface area contributed by atoms with Gasteiger partial charge in [0.15, 0.2) is 6.29 Å². The smallest absolute Gasteiger partial charge is 0.177 e. The molecule has 212 valence electrons. The van der Waals surface area contributed by atoms with Gasteiger partial charge < -0.3 is 28.4 Å². The van der Waals surface area contributed by atoms with Crippen LogP contribution in [-0.4, -0.2) is 50.0 Å². The van der Waals surface area contributed by atoms with Crippen molar-refractivity contribution >= 4 is 0 Å². The Labute approximate surface area is 237 Å². The van der Waals surface area contributed by atoms with Gasteiger partial charge in [0.1, 0.15) is 24.4 Å². The Kier molecular flexibility index (Phi) is 10.5. The van der Waals surface area contributed by atoms with Crippen molar-refractivity contribution in [2.45, 2.75) is 76.9 Å². The summed E-state index contributed by atoms with van der Waals surface area (Å²) in [6, 6.07) is 30.5. The van der Waals surface area contributed by atoms with E-state index in [1.807, 2.05) is 61.5 Å². The fraction of sp³-hybridized carbons (Fsp3) is 0.412. The summed E-state index contributed by atoms with van der Waals surface area (Å²) in [5, 5.41) is 0. The number of ether oxygens (including phenoxy) is 6. The summed E-state index contributed by atoms with van der Waals surface area (Å²) >= 11 is 0. The van der Waals surface area contributed by atoms with Gasteiger partial charge in [-0.1, -0.05) is 97.9 Å². The molecule has 3 aromatic rings. The van der Waals surface area contributed by atoms with Gasteiger partial charge in [0.25, 0.3) is 0 Å². The van der Waals surface area contributed by atoms with Gasteiger partial charge in [-0.3, -0.25) is 0 Å². The molecule has 6 nitrogen and oxygen atoms in total. The number of hydrogen-bond donors (Lipinski definition) is 0. The minimum Gasteiger partial charge on any atom is -0.368 e. The molecule has 3 aromatic carbocycles. The summed E-state index contributed by atoms with van der Waals surface area (Å²) in [4.78, 5) is 0. The first kappa shape index (κ1) is 28.7. The van der Waals surface area contributed by atoms with E-state index in [0.717, 1.165) is 23.1 Å². The molecule has 0 saturated carbocycles. The molecule has 0 N–H and O–H groups in total. The maximum absolute atomic E-state index is 6.65. The molecule has 0 spiro atoms. The highest BCUT2D eigenvalue weighted by Gasteiger charge is 2.47. The zero-order valence-corrected chi connectivity index (χ0v) is 23.4. The van der Waals surface area contributed by atoms with Crippen LogP contribution in [-0.2, 0) is 48.2 Å². The lowest BCUT2D eigenvalue weighted by Crippen LogP contribution is -2.60. The molecule has 2 heterocycles. The summed E-state index contributed by atoms with van der Waals surface area (Å²) in [5.74, 6) is 0. The first-order valence-corrected chi connectivity index (χ1v) is 14.2. The van der Waals surface area contributed by atoms with Crippen LogP contribution in [0.15, 0.2) is 103 Å². The minimum atomic E-state index is -0.420. The topological polar surface area (TPSA) is 55.4 Å². The summed E-state index contributed by atoms with van der Waals surface area (Å²) < 4.78 is 38.3. The van der Waals surface area contributed by atoms with Crippen molar-refractivity contribution in [3.63, 3.8) is 0 Å². The molecule has 0 aliphatic carbocycles. The summed E-state index contributed by atoms with van der Waals surface area (Å²) in [5.41, 5.74) is 4.52. The van der Waals surface area contributed by atoms with Crippen LogP contribution in [0, 0.1) is 0 Å². The molecule has 0 aromatic heterocycles. The third-order valence-electron chi connectivity index (χ3n) is 7.41. The second kappa shape index (κ2) is 14.7. The van der Waals surface area contributed by atoms with Crippen LogP contribution < -0.4 is 0 Å². The van der Waals surface area contributed by atoms with Crippen LogP contribution in [0.25, 0.3) is 0 Å². The lowest BCUT2D eigenvalue weighted by Gasteiger charge is -2.45. The van der Waals surface area contributed by atoms with Gasteiger partial charge in [-0.25, -0.2) is 0 Å². The average Bonchev–Trinajstić information content (AvgIpc) is 3.47. The number of rotatable bonds is 13. The quantitative estimate of drug-likeness (QED) is 0.238. The Hall–Kier alpha value is -2.84. The van der Waals surface area contributed by atoms with Crippen molar-refractivity contribution in [1.29, 1.82) is 0 Å². The van der Waals surface area contributed by atoms with Gasteiger partial charge in [-0.05, 0) is 41.7 Å². The van der Waals surface area contributed by atoms with Gasteiger partial charge in [0, 0.05) is 0 Å². The average molecular weight is 545 g/mol. The van der Waals surface area contributed by atoms with Gasteiger partial charge in [0.2, 0.25) is 0 Å². The maximum Gasteiger partial charge on any atom is 0.177 e. The lowest BCUT2D eigenvalue weighted by atomic mass is 9.94. The van der Waals surface area contributed by atoms with E-state index in [9.17, 15) is 0 Å². The van der Waals surface area contributed by atoms with E-state index >= 15 is 0 Å². The molecule has 40 heavy (non-hydrogen) atoms. The molecule has 0 unspecified atom stereocenters. The molecular formula is C34H40O6. The van der Waals surface area contributed by atoms with E-state index in [1.165, 1.54) is 5.57 Å². The number of benzene rings is 3.